The molecule has 6 heteroatoms. The number of aliphatic hydroxyl groups is 1. The fraction of sp³-hybridized carbons (Fsp3) is 0.207. The van der Waals surface area contributed by atoms with Gasteiger partial charge in [0.2, 0.25) is 0 Å². The molecule has 1 aliphatic rings. The first kappa shape index (κ1) is 24.0. The molecular formula is C29H28N2O4. The van der Waals surface area contributed by atoms with E-state index in [0.29, 0.717) is 23.8 Å². The number of Topliss-reactive ketones (excluding diaryl/α,β-unsaturated/α-hetero) is 1. The van der Waals surface area contributed by atoms with Crippen LogP contribution < -0.4 is 4.74 Å². The summed E-state index contributed by atoms with van der Waals surface area (Å²) < 4.78 is 5.51. The van der Waals surface area contributed by atoms with Crippen molar-refractivity contribution >= 4 is 17.4 Å². The SMILES string of the molecule is C=CCOc1ccc(/C(O)=C2\C(=O)C(=O)N(Cc3cccnc3)C2c2ccc(C(C)C)cc2)cc1. The number of hydrogen-bond donors (Lipinski definition) is 1. The zero-order valence-corrected chi connectivity index (χ0v) is 19.8. The highest BCUT2D eigenvalue weighted by Gasteiger charge is 2.46. The van der Waals surface area contributed by atoms with E-state index >= 15 is 0 Å². The zero-order chi connectivity index (χ0) is 24.9. The Morgan fingerprint density at radius 1 is 1.11 bits per heavy atom. The number of aliphatic hydroxyl groups excluding tert-OH is 1. The molecule has 6 nitrogen and oxygen atoms in total. The van der Waals surface area contributed by atoms with Gasteiger partial charge in [0.25, 0.3) is 11.7 Å². The zero-order valence-electron chi connectivity index (χ0n) is 19.8. The monoisotopic (exact) mass is 468 g/mol. The molecule has 1 aromatic heterocycles. The van der Waals surface area contributed by atoms with Gasteiger partial charge in [-0.1, -0.05) is 56.8 Å². The lowest BCUT2D eigenvalue weighted by Crippen LogP contribution is -2.29. The molecule has 2 aromatic carbocycles. The van der Waals surface area contributed by atoms with Crippen LogP contribution in [-0.4, -0.2) is 33.3 Å². The fourth-order valence-electron chi connectivity index (χ4n) is 4.16. The van der Waals surface area contributed by atoms with Crippen LogP contribution in [0.15, 0.2) is 91.3 Å². The Morgan fingerprint density at radius 3 is 2.43 bits per heavy atom. The highest BCUT2D eigenvalue weighted by molar-refractivity contribution is 6.46. The van der Waals surface area contributed by atoms with Crippen molar-refractivity contribution in [2.75, 3.05) is 6.61 Å². The van der Waals surface area contributed by atoms with Gasteiger partial charge in [-0.2, -0.15) is 0 Å². The van der Waals surface area contributed by atoms with Crippen molar-refractivity contribution < 1.29 is 19.4 Å². The van der Waals surface area contributed by atoms with E-state index in [1.807, 2.05) is 30.3 Å². The van der Waals surface area contributed by atoms with Crippen LogP contribution in [0, 0.1) is 0 Å². The van der Waals surface area contributed by atoms with Crippen molar-refractivity contribution in [2.24, 2.45) is 0 Å². The van der Waals surface area contributed by atoms with Gasteiger partial charge in [-0.25, -0.2) is 0 Å². The number of ketones is 1. The molecule has 1 unspecified atom stereocenters. The predicted molar refractivity (Wildman–Crippen MR) is 135 cm³/mol. The third-order valence-electron chi connectivity index (χ3n) is 6.03. The second-order valence-electron chi connectivity index (χ2n) is 8.73. The Bertz CT molecular complexity index is 1250. The van der Waals surface area contributed by atoms with Gasteiger partial charge < -0.3 is 14.7 Å². The molecule has 0 saturated carbocycles. The molecule has 1 atom stereocenters. The van der Waals surface area contributed by atoms with Crippen molar-refractivity contribution in [2.45, 2.75) is 32.4 Å². The van der Waals surface area contributed by atoms with Crippen LogP contribution in [0.4, 0.5) is 0 Å². The Morgan fingerprint density at radius 2 is 1.83 bits per heavy atom. The topological polar surface area (TPSA) is 79.7 Å². The molecular weight excluding hydrogens is 440 g/mol. The van der Waals surface area contributed by atoms with Crippen LogP contribution in [0.2, 0.25) is 0 Å². The summed E-state index contributed by atoms with van der Waals surface area (Å²) in [6, 6.07) is 17.5. The van der Waals surface area contributed by atoms with Crippen molar-refractivity contribution in [3.05, 3.63) is 114 Å². The lowest BCUT2D eigenvalue weighted by Gasteiger charge is -2.25. The first-order valence-electron chi connectivity index (χ1n) is 11.5. The molecule has 35 heavy (non-hydrogen) atoms. The number of rotatable bonds is 8. The first-order valence-corrected chi connectivity index (χ1v) is 11.5. The van der Waals surface area contributed by atoms with E-state index in [4.69, 9.17) is 4.74 Å². The lowest BCUT2D eigenvalue weighted by molar-refractivity contribution is -0.140. The van der Waals surface area contributed by atoms with Crippen LogP contribution >= 0.6 is 0 Å². The van der Waals surface area contributed by atoms with E-state index < -0.39 is 17.7 Å². The molecule has 0 radical (unpaired) electrons. The number of amides is 1. The van der Waals surface area contributed by atoms with Crippen molar-refractivity contribution in [1.82, 2.24) is 9.88 Å². The average molecular weight is 469 g/mol. The fourth-order valence-corrected chi connectivity index (χ4v) is 4.16. The summed E-state index contributed by atoms with van der Waals surface area (Å²) in [6.45, 7) is 8.39. The Kier molecular flexibility index (Phi) is 7.11. The maximum Gasteiger partial charge on any atom is 0.295 e. The summed E-state index contributed by atoms with van der Waals surface area (Å²) >= 11 is 0. The van der Waals surface area contributed by atoms with Crippen LogP contribution in [-0.2, 0) is 16.1 Å². The lowest BCUT2D eigenvalue weighted by atomic mass is 9.93. The third-order valence-corrected chi connectivity index (χ3v) is 6.03. The number of hydrogen-bond acceptors (Lipinski definition) is 5. The third kappa shape index (κ3) is 5.01. The summed E-state index contributed by atoms with van der Waals surface area (Å²) in [4.78, 5) is 32.0. The van der Waals surface area contributed by atoms with Gasteiger partial charge in [-0.3, -0.25) is 14.6 Å². The predicted octanol–water partition coefficient (Wildman–Crippen LogP) is 5.39. The molecule has 0 spiro atoms. The van der Waals surface area contributed by atoms with Gasteiger partial charge in [-0.15, -0.1) is 0 Å². The molecule has 1 saturated heterocycles. The van der Waals surface area contributed by atoms with Crippen molar-refractivity contribution in [1.29, 1.82) is 0 Å². The Labute approximate surface area is 205 Å². The number of carbonyl (C=O) groups is 2. The number of carbonyl (C=O) groups excluding carboxylic acids is 2. The number of ether oxygens (including phenoxy) is 1. The maximum absolute atomic E-state index is 13.2. The number of nitrogens with zero attached hydrogens (tertiary/aromatic N) is 2. The normalized spacial score (nSPS) is 17.1. The second kappa shape index (κ2) is 10.4. The van der Waals surface area contributed by atoms with E-state index in [9.17, 15) is 14.7 Å². The summed E-state index contributed by atoms with van der Waals surface area (Å²) in [5.41, 5.74) is 3.19. The molecule has 0 bridgehead atoms. The smallest absolute Gasteiger partial charge is 0.295 e. The molecule has 178 valence electrons. The maximum atomic E-state index is 13.2. The largest absolute Gasteiger partial charge is 0.507 e. The van der Waals surface area contributed by atoms with E-state index in [1.165, 1.54) is 4.90 Å². The number of likely N-dealkylation sites (tertiary alicyclic amines) is 1. The molecule has 1 fully saturated rings. The molecule has 1 aliphatic heterocycles. The highest BCUT2D eigenvalue weighted by Crippen LogP contribution is 2.40. The van der Waals surface area contributed by atoms with Crippen LogP contribution in [0.1, 0.15) is 48.1 Å². The van der Waals surface area contributed by atoms with Gasteiger partial charge in [0.1, 0.15) is 18.1 Å². The molecule has 4 rings (SSSR count). The van der Waals surface area contributed by atoms with Crippen LogP contribution in [0.5, 0.6) is 5.75 Å². The summed E-state index contributed by atoms with van der Waals surface area (Å²) in [6.07, 6.45) is 4.96. The van der Waals surface area contributed by atoms with Crippen LogP contribution in [0.25, 0.3) is 5.76 Å². The van der Waals surface area contributed by atoms with E-state index in [2.05, 4.69) is 25.4 Å². The van der Waals surface area contributed by atoms with Gasteiger partial charge in [0, 0.05) is 24.5 Å². The quantitative estimate of drug-likeness (QED) is 0.207. The molecule has 2 heterocycles. The Balaban J connectivity index is 1.79. The van der Waals surface area contributed by atoms with Crippen molar-refractivity contribution in [3.63, 3.8) is 0 Å². The minimum Gasteiger partial charge on any atom is -0.507 e. The second-order valence-corrected chi connectivity index (χ2v) is 8.73. The molecule has 0 aliphatic carbocycles. The van der Waals surface area contributed by atoms with E-state index in [1.54, 1.807) is 48.8 Å². The Hall–Kier alpha value is -4.19. The van der Waals surface area contributed by atoms with Gasteiger partial charge in [0.05, 0.1) is 11.6 Å². The van der Waals surface area contributed by atoms with E-state index in [0.717, 1.165) is 16.7 Å². The molecule has 1 N–H and O–H groups in total. The minimum absolute atomic E-state index is 0.0657. The summed E-state index contributed by atoms with van der Waals surface area (Å²) in [5, 5.41) is 11.2. The first-order chi connectivity index (χ1) is 16.9. The average Bonchev–Trinajstić information content (AvgIpc) is 3.13. The standard InChI is InChI=1S/C29H28N2O4/c1-4-16-35-24-13-11-23(12-14-24)27(32)25-26(22-9-7-21(8-10-22)19(2)3)31(29(34)28(25)33)18-20-6-5-15-30-17-20/h4-15,17,19,26,32H,1,16,18H2,2-3H3/b27-25+. The molecule has 1 amide bonds. The number of pyridine rings is 1. The summed E-state index contributed by atoms with van der Waals surface area (Å²) in [5.74, 6) is -0.632. The number of aromatic nitrogens is 1. The van der Waals surface area contributed by atoms with Crippen LogP contribution in [0.3, 0.4) is 0 Å². The summed E-state index contributed by atoms with van der Waals surface area (Å²) in [7, 11) is 0. The van der Waals surface area contributed by atoms with Crippen molar-refractivity contribution in [3.8, 4) is 5.75 Å². The molecule has 3 aromatic rings. The van der Waals surface area contributed by atoms with Gasteiger partial charge in [0.15, 0.2) is 0 Å². The van der Waals surface area contributed by atoms with Gasteiger partial charge >= 0.3 is 0 Å². The minimum atomic E-state index is -0.729. The van der Waals surface area contributed by atoms with Gasteiger partial charge in [-0.05, 0) is 52.9 Å². The number of benzene rings is 2. The highest BCUT2D eigenvalue weighted by atomic mass is 16.5. The van der Waals surface area contributed by atoms with E-state index in [-0.39, 0.29) is 17.9 Å².